The summed E-state index contributed by atoms with van der Waals surface area (Å²) in [5.74, 6) is -0.00668. The number of nitrogen functional groups attached to an aromatic ring is 1. The molecule has 1 amide bonds. The quantitative estimate of drug-likeness (QED) is 0.739. The Labute approximate surface area is 168 Å². The van der Waals surface area contributed by atoms with Crippen LogP contribution in [0.2, 0.25) is 0 Å². The molecule has 1 fully saturated rings. The number of halogens is 2. The van der Waals surface area contributed by atoms with Gasteiger partial charge in [0.1, 0.15) is 0 Å². The maximum absolute atomic E-state index is 12.3. The lowest BCUT2D eigenvalue weighted by molar-refractivity contribution is -0.115. The zero-order valence-corrected chi connectivity index (χ0v) is 16.5. The zero-order valence-electron chi connectivity index (χ0n) is 14.8. The molecule has 0 aromatic heterocycles. The Balaban J connectivity index is 0.00000169. The van der Waals surface area contributed by atoms with Gasteiger partial charge in [0.2, 0.25) is 5.91 Å². The molecule has 142 valence electrons. The molecule has 1 heterocycles. The van der Waals surface area contributed by atoms with Crippen LogP contribution in [-0.2, 0) is 11.2 Å². The number of hydrogen-bond acceptors (Lipinski definition) is 3. The topological polar surface area (TPSA) is 58.4 Å². The molecular formula is C20H27Cl2N3O. The molecule has 3 rings (SSSR count). The molecule has 0 aliphatic carbocycles. The summed E-state index contributed by atoms with van der Waals surface area (Å²) in [6.07, 6.45) is 5.47. The van der Waals surface area contributed by atoms with E-state index in [0.29, 0.717) is 12.1 Å². The molecule has 3 N–H and O–H groups in total. The van der Waals surface area contributed by atoms with Gasteiger partial charge in [0, 0.05) is 30.2 Å². The fourth-order valence-corrected chi connectivity index (χ4v) is 3.14. The number of nitrogens with two attached hydrogens (primary N) is 1. The number of rotatable bonds is 4. The van der Waals surface area contributed by atoms with Crippen LogP contribution in [0, 0.1) is 0 Å². The minimum Gasteiger partial charge on any atom is -0.399 e. The molecule has 2 aromatic carbocycles. The first kappa shape index (κ1) is 22.1. The van der Waals surface area contributed by atoms with Crippen molar-refractivity contribution in [3.05, 3.63) is 54.1 Å². The van der Waals surface area contributed by atoms with Gasteiger partial charge in [-0.2, -0.15) is 0 Å². The van der Waals surface area contributed by atoms with Crippen LogP contribution in [0.4, 0.5) is 17.1 Å². The van der Waals surface area contributed by atoms with E-state index >= 15 is 0 Å². The van der Waals surface area contributed by atoms with Crippen LogP contribution < -0.4 is 16.0 Å². The number of carbonyl (C=O) groups is 1. The average Bonchev–Trinajstić information content (AvgIpc) is 2.86. The number of carbonyl (C=O) groups excluding carboxylic acids is 1. The second kappa shape index (κ2) is 10.9. The van der Waals surface area contributed by atoms with Crippen molar-refractivity contribution in [2.45, 2.75) is 32.1 Å². The molecule has 0 atom stereocenters. The first-order valence-corrected chi connectivity index (χ1v) is 8.70. The summed E-state index contributed by atoms with van der Waals surface area (Å²) in [4.78, 5) is 14.7. The lowest BCUT2D eigenvalue weighted by atomic mass is 10.1. The number of nitrogens with one attached hydrogen (secondary N) is 1. The smallest absolute Gasteiger partial charge is 0.228 e. The standard InChI is InChI=1S/C20H25N3O.2ClH/c21-17-10-8-16(9-11-17)14-20(24)22-18-6-5-7-19(15-18)23-12-3-1-2-4-13-23;;/h5-11,15H,1-4,12-14,21H2,(H,22,24);2*1H. The number of hydrogen-bond donors (Lipinski definition) is 2. The minimum absolute atomic E-state index is 0. The van der Waals surface area contributed by atoms with Gasteiger partial charge < -0.3 is 16.0 Å². The number of amides is 1. The largest absolute Gasteiger partial charge is 0.399 e. The lowest BCUT2D eigenvalue weighted by Gasteiger charge is -2.23. The number of benzene rings is 2. The SMILES string of the molecule is Cl.Cl.Nc1ccc(CC(=O)Nc2cccc(N3CCCCCC3)c2)cc1. The summed E-state index contributed by atoms with van der Waals surface area (Å²) in [5.41, 5.74) is 9.41. The van der Waals surface area contributed by atoms with E-state index in [1.807, 2.05) is 36.4 Å². The van der Waals surface area contributed by atoms with Crippen molar-refractivity contribution in [2.24, 2.45) is 0 Å². The highest BCUT2D eigenvalue weighted by Gasteiger charge is 2.11. The van der Waals surface area contributed by atoms with Crippen LogP contribution in [0.5, 0.6) is 0 Å². The summed E-state index contributed by atoms with van der Waals surface area (Å²) in [5, 5.41) is 3.00. The molecule has 4 nitrogen and oxygen atoms in total. The van der Waals surface area contributed by atoms with Crippen molar-refractivity contribution in [3.63, 3.8) is 0 Å². The number of anilines is 3. The Morgan fingerprint density at radius 3 is 2.27 bits per heavy atom. The molecule has 6 heteroatoms. The van der Waals surface area contributed by atoms with E-state index in [0.717, 1.165) is 24.3 Å². The van der Waals surface area contributed by atoms with E-state index in [2.05, 4.69) is 22.3 Å². The van der Waals surface area contributed by atoms with Crippen LogP contribution in [0.3, 0.4) is 0 Å². The lowest BCUT2D eigenvalue weighted by Crippen LogP contribution is -2.24. The fraction of sp³-hybridized carbons (Fsp3) is 0.350. The van der Waals surface area contributed by atoms with Gasteiger partial charge in [0.15, 0.2) is 0 Å². The molecule has 26 heavy (non-hydrogen) atoms. The maximum Gasteiger partial charge on any atom is 0.228 e. The Bertz CT molecular complexity index is 684. The molecule has 0 radical (unpaired) electrons. The van der Waals surface area contributed by atoms with Crippen LogP contribution in [0.1, 0.15) is 31.2 Å². The highest BCUT2D eigenvalue weighted by Crippen LogP contribution is 2.23. The first-order valence-electron chi connectivity index (χ1n) is 8.70. The Kier molecular flexibility index (Phi) is 9.31. The second-order valence-electron chi connectivity index (χ2n) is 6.42. The second-order valence-corrected chi connectivity index (χ2v) is 6.42. The van der Waals surface area contributed by atoms with Crippen molar-refractivity contribution in [3.8, 4) is 0 Å². The highest BCUT2D eigenvalue weighted by molar-refractivity contribution is 5.92. The van der Waals surface area contributed by atoms with E-state index in [1.54, 1.807) is 0 Å². The summed E-state index contributed by atoms with van der Waals surface area (Å²) in [6, 6.07) is 15.6. The molecule has 1 aliphatic rings. The first-order chi connectivity index (χ1) is 11.7. The van der Waals surface area contributed by atoms with E-state index in [4.69, 9.17) is 5.73 Å². The molecule has 2 aromatic rings. The molecule has 1 saturated heterocycles. The van der Waals surface area contributed by atoms with Crippen LogP contribution in [0.25, 0.3) is 0 Å². The third-order valence-corrected chi connectivity index (χ3v) is 4.45. The molecule has 0 unspecified atom stereocenters. The fourth-order valence-electron chi connectivity index (χ4n) is 3.14. The summed E-state index contributed by atoms with van der Waals surface area (Å²) in [7, 11) is 0. The Hall–Kier alpha value is -1.91. The minimum atomic E-state index is -0.00668. The molecule has 0 spiro atoms. The van der Waals surface area contributed by atoms with Crippen molar-refractivity contribution in [2.75, 3.05) is 29.0 Å². The Morgan fingerprint density at radius 1 is 0.962 bits per heavy atom. The van der Waals surface area contributed by atoms with Gasteiger partial charge in [0.05, 0.1) is 6.42 Å². The van der Waals surface area contributed by atoms with Crippen LogP contribution in [0.15, 0.2) is 48.5 Å². The Morgan fingerprint density at radius 2 is 1.62 bits per heavy atom. The third kappa shape index (κ3) is 6.43. The van der Waals surface area contributed by atoms with E-state index in [9.17, 15) is 4.79 Å². The monoisotopic (exact) mass is 395 g/mol. The van der Waals surface area contributed by atoms with Gasteiger partial charge in [-0.1, -0.05) is 31.0 Å². The molecule has 0 saturated carbocycles. The van der Waals surface area contributed by atoms with E-state index < -0.39 is 0 Å². The van der Waals surface area contributed by atoms with Gasteiger partial charge in [-0.3, -0.25) is 4.79 Å². The third-order valence-electron chi connectivity index (χ3n) is 4.45. The van der Waals surface area contributed by atoms with Gasteiger partial charge in [-0.15, -0.1) is 24.8 Å². The summed E-state index contributed by atoms with van der Waals surface area (Å²) >= 11 is 0. The summed E-state index contributed by atoms with van der Waals surface area (Å²) in [6.45, 7) is 2.20. The van der Waals surface area contributed by atoms with Crippen molar-refractivity contribution < 1.29 is 4.79 Å². The molecule has 1 aliphatic heterocycles. The van der Waals surface area contributed by atoms with Gasteiger partial charge >= 0.3 is 0 Å². The van der Waals surface area contributed by atoms with Crippen molar-refractivity contribution in [1.29, 1.82) is 0 Å². The zero-order chi connectivity index (χ0) is 16.8. The normalized spacial score (nSPS) is 13.8. The van der Waals surface area contributed by atoms with Crippen molar-refractivity contribution in [1.82, 2.24) is 0 Å². The predicted octanol–water partition coefficient (Wildman–Crippen LogP) is 4.67. The van der Waals surface area contributed by atoms with Crippen molar-refractivity contribution >= 4 is 47.8 Å². The van der Waals surface area contributed by atoms with Gasteiger partial charge in [-0.05, 0) is 48.7 Å². The summed E-state index contributed by atoms with van der Waals surface area (Å²) < 4.78 is 0. The van der Waals surface area contributed by atoms with Gasteiger partial charge in [-0.25, -0.2) is 0 Å². The van der Waals surface area contributed by atoms with Gasteiger partial charge in [0.25, 0.3) is 0 Å². The number of nitrogens with zero attached hydrogens (tertiary/aromatic N) is 1. The average molecular weight is 396 g/mol. The maximum atomic E-state index is 12.3. The van der Waals surface area contributed by atoms with E-state index in [1.165, 1.54) is 31.4 Å². The predicted molar refractivity (Wildman–Crippen MR) is 115 cm³/mol. The molecule has 0 bridgehead atoms. The van der Waals surface area contributed by atoms with Crippen LogP contribution >= 0.6 is 24.8 Å². The van der Waals surface area contributed by atoms with Crippen LogP contribution in [-0.4, -0.2) is 19.0 Å². The van der Waals surface area contributed by atoms with E-state index in [-0.39, 0.29) is 30.7 Å². The molecular weight excluding hydrogens is 369 g/mol. The highest BCUT2D eigenvalue weighted by atomic mass is 35.5.